The number of carbonyl (C=O) groups excluding carboxylic acids is 1. The molecule has 0 saturated carbocycles. The van der Waals surface area contributed by atoms with Crippen LogP contribution in [0.5, 0.6) is 11.5 Å². The zero-order valence-corrected chi connectivity index (χ0v) is 21.7. The van der Waals surface area contributed by atoms with E-state index in [0.29, 0.717) is 36.0 Å². The molecule has 4 aromatic carbocycles. The average molecular weight is 529 g/mol. The molecule has 0 spiro atoms. The number of ether oxygens (including phenoxy) is 2. The molecule has 0 aromatic heterocycles. The maximum atomic E-state index is 13.5. The lowest BCUT2D eigenvalue weighted by Gasteiger charge is -2.25. The van der Waals surface area contributed by atoms with Crippen LogP contribution in [0.15, 0.2) is 108 Å². The van der Waals surface area contributed by atoms with Gasteiger partial charge in [-0.2, -0.15) is 0 Å². The first-order chi connectivity index (χ1) is 18.4. The average Bonchev–Trinajstić information content (AvgIpc) is 2.96. The fraction of sp³-hybridized carbons (Fsp3) is 0.167. The Bertz CT molecular complexity index is 1510. The van der Waals surface area contributed by atoms with E-state index in [1.54, 1.807) is 78.9 Å². The maximum absolute atomic E-state index is 13.5. The molecule has 7 nitrogen and oxygen atoms in total. The van der Waals surface area contributed by atoms with Crippen molar-refractivity contribution in [3.8, 4) is 11.5 Å². The molecule has 0 aliphatic carbocycles. The van der Waals surface area contributed by atoms with Gasteiger partial charge in [0.15, 0.2) is 11.5 Å². The highest BCUT2D eigenvalue weighted by Crippen LogP contribution is 2.32. The molecule has 1 N–H and O–H groups in total. The largest absolute Gasteiger partial charge is 0.486 e. The van der Waals surface area contributed by atoms with E-state index in [2.05, 4.69) is 5.32 Å². The Morgan fingerprint density at radius 3 is 2.16 bits per heavy atom. The summed E-state index contributed by atoms with van der Waals surface area (Å²) < 4.78 is 39.6. The van der Waals surface area contributed by atoms with Crippen molar-refractivity contribution in [2.45, 2.75) is 24.4 Å². The molecule has 0 fully saturated rings. The first-order valence-electron chi connectivity index (χ1n) is 12.3. The van der Waals surface area contributed by atoms with Crippen LogP contribution < -0.4 is 19.1 Å². The summed E-state index contributed by atoms with van der Waals surface area (Å²) in [6, 6.07) is 29.7. The molecular formula is C30H28N2O5S. The summed E-state index contributed by atoms with van der Waals surface area (Å²) in [5.74, 6) is 1.15. The fourth-order valence-electron chi connectivity index (χ4n) is 4.25. The molecule has 194 valence electrons. The lowest BCUT2D eigenvalue weighted by atomic mass is 10.1. The molecule has 5 rings (SSSR count). The fourth-order valence-corrected chi connectivity index (χ4v) is 5.72. The molecule has 1 aliphatic rings. The van der Waals surface area contributed by atoms with E-state index < -0.39 is 10.0 Å². The third-order valence-electron chi connectivity index (χ3n) is 6.33. The van der Waals surface area contributed by atoms with Crippen LogP contribution in [-0.2, 0) is 16.6 Å². The standard InChI is InChI=1S/C30H28N2O5S/c1-22(25-16-17-28-29(20-25)37-19-18-36-28)31-30(33)24-14-12-23(13-15-24)21-32(26-8-4-2-5-9-26)38(34,35)27-10-6-3-7-11-27/h2-17,20,22H,18-19,21H2,1H3,(H,31,33)/t22-/m0/s1. The van der Waals surface area contributed by atoms with Crippen LogP contribution >= 0.6 is 0 Å². The number of sulfonamides is 1. The van der Waals surface area contributed by atoms with Gasteiger partial charge in [0.25, 0.3) is 15.9 Å². The Balaban J connectivity index is 1.31. The number of anilines is 1. The topological polar surface area (TPSA) is 84.9 Å². The number of para-hydroxylation sites is 1. The first kappa shape index (κ1) is 25.4. The van der Waals surface area contributed by atoms with Gasteiger partial charge in [0, 0.05) is 5.56 Å². The second-order valence-corrected chi connectivity index (χ2v) is 10.8. The van der Waals surface area contributed by atoms with Gasteiger partial charge in [0.1, 0.15) is 13.2 Å². The zero-order chi connectivity index (χ0) is 26.5. The molecular weight excluding hydrogens is 500 g/mol. The molecule has 1 aliphatic heterocycles. The Labute approximate surface area is 222 Å². The van der Waals surface area contributed by atoms with Crippen LogP contribution in [0.1, 0.15) is 34.5 Å². The van der Waals surface area contributed by atoms with Crippen molar-refractivity contribution in [2.24, 2.45) is 0 Å². The normalized spacial score (nSPS) is 13.4. The van der Waals surface area contributed by atoms with Crippen LogP contribution in [0.25, 0.3) is 0 Å². The minimum Gasteiger partial charge on any atom is -0.486 e. The second-order valence-electron chi connectivity index (χ2n) is 8.96. The molecule has 0 bridgehead atoms. The van der Waals surface area contributed by atoms with Crippen LogP contribution in [-0.4, -0.2) is 27.5 Å². The summed E-state index contributed by atoms with van der Waals surface area (Å²) in [6.07, 6.45) is 0. The van der Waals surface area contributed by atoms with E-state index in [4.69, 9.17) is 9.47 Å². The van der Waals surface area contributed by atoms with Crippen molar-refractivity contribution in [1.29, 1.82) is 0 Å². The summed E-state index contributed by atoms with van der Waals surface area (Å²) in [4.78, 5) is 13.2. The number of hydrogen-bond donors (Lipinski definition) is 1. The minimum absolute atomic E-state index is 0.122. The number of rotatable bonds is 8. The van der Waals surface area contributed by atoms with Crippen LogP contribution in [0.4, 0.5) is 5.69 Å². The van der Waals surface area contributed by atoms with Gasteiger partial charge in [0.2, 0.25) is 0 Å². The molecule has 0 saturated heterocycles. The summed E-state index contributed by atoms with van der Waals surface area (Å²) in [6.45, 7) is 3.05. The molecule has 8 heteroatoms. The molecule has 0 unspecified atom stereocenters. The van der Waals surface area contributed by atoms with E-state index >= 15 is 0 Å². The maximum Gasteiger partial charge on any atom is 0.264 e. The van der Waals surface area contributed by atoms with E-state index in [-0.39, 0.29) is 23.4 Å². The number of amides is 1. The summed E-state index contributed by atoms with van der Waals surface area (Å²) in [7, 11) is -3.80. The minimum atomic E-state index is -3.80. The van der Waals surface area contributed by atoms with E-state index in [0.717, 1.165) is 11.1 Å². The highest BCUT2D eigenvalue weighted by Gasteiger charge is 2.25. The van der Waals surface area contributed by atoms with Gasteiger partial charge in [-0.3, -0.25) is 9.10 Å². The molecule has 38 heavy (non-hydrogen) atoms. The number of nitrogens with one attached hydrogen (secondary N) is 1. The molecule has 0 radical (unpaired) electrons. The van der Waals surface area contributed by atoms with Crippen LogP contribution in [0.2, 0.25) is 0 Å². The molecule has 4 aromatic rings. The van der Waals surface area contributed by atoms with Crippen molar-refractivity contribution in [3.05, 3.63) is 120 Å². The zero-order valence-electron chi connectivity index (χ0n) is 20.9. The highest BCUT2D eigenvalue weighted by atomic mass is 32.2. The monoisotopic (exact) mass is 528 g/mol. The van der Waals surface area contributed by atoms with Crippen LogP contribution in [0.3, 0.4) is 0 Å². The smallest absolute Gasteiger partial charge is 0.264 e. The number of hydrogen-bond acceptors (Lipinski definition) is 5. The van der Waals surface area contributed by atoms with Crippen molar-refractivity contribution in [1.82, 2.24) is 5.32 Å². The van der Waals surface area contributed by atoms with Gasteiger partial charge in [-0.25, -0.2) is 8.42 Å². The Hall–Kier alpha value is -4.30. The van der Waals surface area contributed by atoms with Crippen molar-refractivity contribution in [2.75, 3.05) is 17.5 Å². The van der Waals surface area contributed by atoms with Crippen molar-refractivity contribution in [3.63, 3.8) is 0 Å². The summed E-state index contributed by atoms with van der Waals surface area (Å²) >= 11 is 0. The molecule has 1 amide bonds. The molecule has 1 heterocycles. The van der Waals surface area contributed by atoms with Gasteiger partial charge in [0.05, 0.1) is 23.2 Å². The van der Waals surface area contributed by atoms with E-state index in [1.807, 2.05) is 31.2 Å². The third kappa shape index (κ3) is 5.50. The Kier molecular flexibility index (Phi) is 7.33. The van der Waals surface area contributed by atoms with Gasteiger partial charge >= 0.3 is 0 Å². The van der Waals surface area contributed by atoms with Gasteiger partial charge in [-0.1, -0.05) is 54.6 Å². The Morgan fingerprint density at radius 1 is 0.842 bits per heavy atom. The summed E-state index contributed by atoms with van der Waals surface area (Å²) in [5, 5.41) is 3.01. The van der Waals surface area contributed by atoms with E-state index in [9.17, 15) is 13.2 Å². The van der Waals surface area contributed by atoms with Crippen molar-refractivity contribution < 1.29 is 22.7 Å². The quantitative estimate of drug-likeness (QED) is 0.334. The lowest BCUT2D eigenvalue weighted by Crippen LogP contribution is -2.30. The number of carbonyl (C=O) groups is 1. The SMILES string of the molecule is C[C@H](NC(=O)c1ccc(CN(c2ccccc2)S(=O)(=O)c2ccccc2)cc1)c1ccc2c(c1)OCCO2. The van der Waals surface area contributed by atoms with Crippen molar-refractivity contribution >= 4 is 21.6 Å². The molecule has 1 atom stereocenters. The number of benzene rings is 4. The Morgan fingerprint density at radius 2 is 1.47 bits per heavy atom. The van der Waals surface area contributed by atoms with Gasteiger partial charge in [-0.15, -0.1) is 0 Å². The van der Waals surface area contributed by atoms with E-state index in [1.165, 1.54) is 4.31 Å². The van der Waals surface area contributed by atoms with Gasteiger partial charge in [-0.05, 0) is 66.6 Å². The number of nitrogens with zero attached hydrogens (tertiary/aromatic N) is 1. The first-order valence-corrected chi connectivity index (χ1v) is 13.8. The second kappa shape index (κ2) is 11.0. The predicted octanol–water partition coefficient (Wildman–Crippen LogP) is 5.34. The highest BCUT2D eigenvalue weighted by molar-refractivity contribution is 7.92. The number of fused-ring (bicyclic) bond motifs is 1. The van der Waals surface area contributed by atoms with Crippen LogP contribution in [0, 0.1) is 0 Å². The lowest BCUT2D eigenvalue weighted by molar-refractivity contribution is 0.0939. The predicted molar refractivity (Wildman–Crippen MR) is 146 cm³/mol. The summed E-state index contributed by atoms with van der Waals surface area (Å²) in [5.41, 5.74) is 2.70. The third-order valence-corrected chi connectivity index (χ3v) is 8.12. The van der Waals surface area contributed by atoms with Gasteiger partial charge < -0.3 is 14.8 Å².